The molecule has 2 amide bonds. The molecule has 0 saturated carbocycles. The van der Waals surface area contributed by atoms with Crippen LogP contribution >= 0.6 is 23.5 Å². The fraction of sp³-hybridized carbons (Fsp3) is 0.364. The summed E-state index contributed by atoms with van der Waals surface area (Å²) in [5.41, 5.74) is 2.01. The Labute approximate surface area is 184 Å². The lowest BCUT2D eigenvalue weighted by molar-refractivity contribution is -0.124. The summed E-state index contributed by atoms with van der Waals surface area (Å²) < 4.78 is 18.9. The number of carbonyl (C=O) groups is 2. The number of hydrogen-bond acceptors (Lipinski definition) is 5. The van der Waals surface area contributed by atoms with Crippen LogP contribution in [-0.4, -0.2) is 43.0 Å². The number of benzene rings is 2. The van der Waals surface area contributed by atoms with Crippen LogP contribution in [0.1, 0.15) is 22.1 Å². The number of carbonyl (C=O) groups excluding carboxylic acids is 2. The molecule has 0 atom stereocenters. The van der Waals surface area contributed by atoms with Crippen molar-refractivity contribution in [3.8, 4) is 5.75 Å². The Morgan fingerprint density at radius 3 is 2.23 bits per heavy atom. The summed E-state index contributed by atoms with van der Waals surface area (Å²) in [6.07, 6.45) is 1.44. The molecule has 30 heavy (non-hydrogen) atoms. The highest BCUT2D eigenvalue weighted by molar-refractivity contribution is 8.16. The summed E-state index contributed by atoms with van der Waals surface area (Å²) in [5.74, 6) is 2.30. The van der Waals surface area contributed by atoms with Gasteiger partial charge in [0.2, 0.25) is 5.91 Å². The molecule has 1 aliphatic rings. The van der Waals surface area contributed by atoms with E-state index in [0.717, 1.165) is 5.56 Å². The predicted molar refractivity (Wildman–Crippen MR) is 120 cm³/mol. The first-order valence-corrected chi connectivity index (χ1v) is 11.9. The van der Waals surface area contributed by atoms with Crippen molar-refractivity contribution >= 4 is 35.3 Å². The molecule has 1 heterocycles. The van der Waals surface area contributed by atoms with E-state index in [9.17, 15) is 14.0 Å². The largest absolute Gasteiger partial charge is 0.484 e. The SMILES string of the molecule is O=C(COc1ccc(C2SCCCS2)cc1)NCCNC(=O)Cc1ccc(F)cc1. The Morgan fingerprint density at radius 2 is 1.57 bits per heavy atom. The third-order valence-corrected chi connectivity index (χ3v) is 7.41. The smallest absolute Gasteiger partial charge is 0.258 e. The van der Waals surface area contributed by atoms with Gasteiger partial charge in [0.1, 0.15) is 11.6 Å². The van der Waals surface area contributed by atoms with Crippen molar-refractivity contribution < 1.29 is 18.7 Å². The topological polar surface area (TPSA) is 67.4 Å². The Kier molecular flexibility index (Phi) is 8.89. The number of amides is 2. The quantitative estimate of drug-likeness (QED) is 0.575. The minimum absolute atomic E-state index is 0.0736. The normalized spacial score (nSPS) is 14.2. The van der Waals surface area contributed by atoms with Gasteiger partial charge in [-0.2, -0.15) is 0 Å². The Hall–Kier alpha value is -2.19. The van der Waals surface area contributed by atoms with Crippen molar-refractivity contribution in [3.05, 3.63) is 65.5 Å². The zero-order chi connectivity index (χ0) is 21.2. The molecule has 1 saturated heterocycles. The van der Waals surface area contributed by atoms with Crippen molar-refractivity contribution in [3.63, 3.8) is 0 Å². The first kappa shape index (κ1) is 22.5. The van der Waals surface area contributed by atoms with Crippen molar-refractivity contribution in [2.45, 2.75) is 17.4 Å². The zero-order valence-electron chi connectivity index (χ0n) is 16.6. The van der Waals surface area contributed by atoms with Gasteiger partial charge in [-0.15, -0.1) is 23.5 Å². The Morgan fingerprint density at radius 1 is 0.933 bits per heavy atom. The molecule has 2 aromatic carbocycles. The summed E-state index contributed by atoms with van der Waals surface area (Å²) in [6.45, 7) is 0.555. The van der Waals surface area contributed by atoms with Crippen LogP contribution in [0.4, 0.5) is 4.39 Å². The van der Waals surface area contributed by atoms with E-state index in [-0.39, 0.29) is 30.7 Å². The molecule has 1 fully saturated rings. The van der Waals surface area contributed by atoms with E-state index in [1.54, 1.807) is 12.1 Å². The second-order valence-corrected chi connectivity index (χ2v) is 9.51. The lowest BCUT2D eigenvalue weighted by Crippen LogP contribution is -2.37. The highest BCUT2D eigenvalue weighted by Crippen LogP contribution is 2.43. The van der Waals surface area contributed by atoms with Crippen molar-refractivity contribution in [1.29, 1.82) is 0 Å². The lowest BCUT2D eigenvalue weighted by Gasteiger charge is -2.21. The standard InChI is InChI=1S/C22H25FN2O3S2/c23-18-6-2-16(3-7-18)14-20(26)24-10-11-25-21(27)15-28-19-8-4-17(5-9-19)22-29-12-1-13-30-22/h2-9,22H,1,10-15H2,(H,24,26)(H,25,27). The van der Waals surface area contributed by atoms with Crippen LogP contribution in [0, 0.1) is 5.82 Å². The van der Waals surface area contributed by atoms with E-state index in [4.69, 9.17) is 4.74 Å². The second-order valence-electron chi connectivity index (χ2n) is 6.79. The number of halogens is 1. The summed E-state index contributed by atoms with van der Waals surface area (Å²) >= 11 is 3.93. The lowest BCUT2D eigenvalue weighted by atomic mass is 10.1. The number of nitrogens with one attached hydrogen (secondary N) is 2. The number of rotatable bonds is 9. The molecule has 0 aromatic heterocycles. The maximum atomic E-state index is 12.9. The minimum Gasteiger partial charge on any atom is -0.484 e. The molecule has 0 radical (unpaired) electrons. The van der Waals surface area contributed by atoms with Crippen LogP contribution in [0.15, 0.2) is 48.5 Å². The number of thioether (sulfide) groups is 2. The molecule has 160 valence electrons. The van der Waals surface area contributed by atoms with Gasteiger partial charge < -0.3 is 15.4 Å². The van der Waals surface area contributed by atoms with E-state index in [2.05, 4.69) is 22.8 Å². The summed E-state index contributed by atoms with van der Waals surface area (Å²) in [7, 11) is 0. The second kappa shape index (κ2) is 11.9. The van der Waals surface area contributed by atoms with Gasteiger partial charge in [0.15, 0.2) is 6.61 Å². The van der Waals surface area contributed by atoms with Crippen molar-refractivity contribution in [2.75, 3.05) is 31.2 Å². The monoisotopic (exact) mass is 448 g/mol. The van der Waals surface area contributed by atoms with Crippen molar-refractivity contribution in [2.24, 2.45) is 0 Å². The maximum absolute atomic E-state index is 12.9. The van der Waals surface area contributed by atoms with Crippen molar-refractivity contribution in [1.82, 2.24) is 10.6 Å². The molecule has 0 bridgehead atoms. The Bertz CT molecular complexity index is 825. The van der Waals surface area contributed by atoms with Crippen LogP contribution in [-0.2, 0) is 16.0 Å². The third kappa shape index (κ3) is 7.57. The van der Waals surface area contributed by atoms with Gasteiger partial charge >= 0.3 is 0 Å². The maximum Gasteiger partial charge on any atom is 0.258 e. The van der Waals surface area contributed by atoms with E-state index in [1.807, 2.05) is 35.7 Å². The predicted octanol–water partition coefficient (Wildman–Crippen LogP) is 3.55. The highest BCUT2D eigenvalue weighted by Gasteiger charge is 2.16. The molecule has 2 aromatic rings. The van der Waals surface area contributed by atoms with Crippen LogP contribution < -0.4 is 15.4 Å². The van der Waals surface area contributed by atoms with E-state index < -0.39 is 0 Å². The fourth-order valence-corrected chi connectivity index (χ4v) is 5.75. The molecular formula is C22H25FN2O3S2. The number of hydrogen-bond donors (Lipinski definition) is 2. The van der Waals surface area contributed by atoms with E-state index >= 15 is 0 Å². The Balaban J connectivity index is 1.29. The molecule has 0 aliphatic carbocycles. The molecule has 3 rings (SSSR count). The molecule has 1 aliphatic heterocycles. The van der Waals surface area contributed by atoms with E-state index in [0.29, 0.717) is 23.4 Å². The van der Waals surface area contributed by atoms with Gasteiger partial charge in [0.05, 0.1) is 11.0 Å². The van der Waals surface area contributed by atoms with Gasteiger partial charge in [0.25, 0.3) is 5.91 Å². The van der Waals surface area contributed by atoms with Gasteiger partial charge in [-0.25, -0.2) is 4.39 Å². The summed E-state index contributed by atoms with van der Waals surface area (Å²) in [5, 5.41) is 5.43. The summed E-state index contributed by atoms with van der Waals surface area (Å²) in [6, 6.07) is 13.7. The zero-order valence-corrected chi connectivity index (χ0v) is 18.2. The number of ether oxygens (including phenoxy) is 1. The highest BCUT2D eigenvalue weighted by atomic mass is 32.2. The molecule has 8 heteroatoms. The third-order valence-electron chi connectivity index (χ3n) is 4.40. The van der Waals surface area contributed by atoms with Gasteiger partial charge in [0, 0.05) is 13.1 Å². The molecular weight excluding hydrogens is 423 g/mol. The van der Waals surface area contributed by atoms with Gasteiger partial charge in [-0.3, -0.25) is 9.59 Å². The molecule has 0 unspecified atom stereocenters. The molecule has 5 nitrogen and oxygen atoms in total. The van der Waals surface area contributed by atoms with Gasteiger partial charge in [-0.05, 0) is 53.3 Å². The molecule has 0 spiro atoms. The minimum atomic E-state index is -0.331. The average molecular weight is 449 g/mol. The van der Waals surface area contributed by atoms with Crippen LogP contribution in [0.3, 0.4) is 0 Å². The van der Waals surface area contributed by atoms with Crippen LogP contribution in [0.2, 0.25) is 0 Å². The van der Waals surface area contributed by atoms with Gasteiger partial charge in [-0.1, -0.05) is 24.3 Å². The van der Waals surface area contributed by atoms with Crippen LogP contribution in [0.25, 0.3) is 0 Å². The van der Waals surface area contributed by atoms with E-state index in [1.165, 1.54) is 35.6 Å². The van der Waals surface area contributed by atoms with Crippen LogP contribution in [0.5, 0.6) is 5.75 Å². The first-order chi connectivity index (χ1) is 14.6. The average Bonchev–Trinajstić information content (AvgIpc) is 2.78. The summed E-state index contributed by atoms with van der Waals surface area (Å²) in [4.78, 5) is 23.8. The fourth-order valence-electron chi connectivity index (χ4n) is 2.86. The first-order valence-electron chi connectivity index (χ1n) is 9.84. The molecule has 2 N–H and O–H groups in total.